The molecule has 0 fully saturated rings. The van der Waals surface area contributed by atoms with Crippen molar-refractivity contribution in [2.24, 2.45) is 0 Å². The Kier molecular flexibility index (Phi) is 4.79. The summed E-state index contributed by atoms with van der Waals surface area (Å²) in [5.74, 6) is 0.0705. The van der Waals surface area contributed by atoms with Crippen molar-refractivity contribution in [2.75, 3.05) is 0 Å². The van der Waals surface area contributed by atoms with Crippen LogP contribution in [0.1, 0.15) is 17.5 Å². The Morgan fingerprint density at radius 2 is 2.17 bits per heavy atom. The van der Waals surface area contributed by atoms with Crippen LogP contribution in [-0.4, -0.2) is 5.91 Å². The van der Waals surface area contributed by atoms with Crippen LogP contribution < -0.4 is 5.32 Å². The van der Waals surface area contributed by atoms with Gasteiger partial charge in [0.15, 0.2) is 0 Å². The van der Waals surface area contributed by atoms with Crippen LogP contribution >= 0.6 is 22.9 Å². The van der Waals surface area contributed by atoms with Gasteiger partial charge in [-0.15, -0.1) is 0 Å². The van der Waals surface area contributed by atoms with E-state index < -0.39 is 0 Å². The fourth-order valence-corrected chi connectivity index (χ4v) is 2.54. The van der Waals surface area contributed by atoms with Crippen molar-refractivity contribution in [3.63, 3.8) is 0 Å². The Morgan fingerprint density at radius 1 is 1.28 bits per heavy atom. The number of aryl methyl sites for hydroxylation is 1. The highest BCUT2D eigenvalue weighted by atomic mass is 35.5. The Labute approximate surface area is 116 Å². The lowest BCUT2D eigenvalue weighted by atomic mass is 10.2. The van der Waals surface area contributed by atoms with E-state index in [1.54, 1.807) is 11.3 Å². The zero-order valence-corrected chi connectivity index (χ0v) is 11.4. The van der Waals surface area contributed by atoms with Crippen molar-refractivity contribution in [3.8, 4) is 0 Å². The molecule has 2 aromatic rings. The highest BCUT2D eigenvalue weighted by Gasteiger charge is 2.02. The molecule has 18 heavy (non-hydrogen) atoms. The van der Waals surface area contributed by atoms with Crippen LogP contribution in [0.3, 0.4) is 0 Å². The number of benzene rings is 1. The summed E-state index contributed by atoms with van der Waals surface area (Å²) in [4.78, 5) is 11.7. The second-order valence-corrected chi connectivity index (χ2v) is 5.25. The predicted molar refractivity (Wildman–Crippen MR) is 75.9 cm³/mol. The first kappa shape index (κ1) is 13.1. The number of nitrogens with one attached hydrogen (secondary N) is 1. The van der Waals surface area contributed by atoms with E-state index in [1.165, 1.54) is 5.56 Å². The first-order chi connectivity index (χ1) is 8.74. The number of carbonyl (C=O) groups excluding carboxylic acids is 1. The van der Waals surface area contributed by atoms with Crippen LogP contribution in [-0.2, 0) is 17.8 Å². The Morgan fingerprint density at radius 3 is 2.89 bits per heavy atom. The number of halogens is 1. The molecule has 1 aromatic carbocycles. The second kappa shape index (κ2) is 6.57. The van der Waals surface area contributed by atoms with Crippen molar-refractivity contribution in [1.82, 2.24) is 5.32 Å². The molecule has 1 heterocycles. The Bertz CT molecular complexity index is 510. The third kappa shape index (κ3) is 4.17. The van der Waals surface area contributed by atoms with E-state index in [-0.39, 0.29) is 5.91 Å². The summed E-state index contributed by atoms with van der Waals surface area (Å²) >= 11 is 7.53. The monoisotopic (exact) mass is 279 g/mol. The van der Waals surface area contributed by atoms with E-state index in [0.29, 0.717) is 18.0 Å². The maximum Gasteiger partial charge on any atom is 0.220 e. The molecule has 94 valence electrons. The van der Waals surface area contributed by atoms with Crippen LogP contribution in [0.25, 0.3) is 0 Å². The van der Waals surface area contributed by atoms with Crippen molar-refractivity contribution >= 4 is 28.8 Å². The Hall–Kier alpha value is -1.32. The summed E-state index contributed by atoms with van der Waals surface area (Å²) in [7, 11) is 0. The molecule has 0 saturated carbocycles. The van der Waals surface area contributed by atoms with E-state index in [1.807, 2.05) is 29.6 Å². The lowest BCUT2D eigenvalue weighted by Gasteiger charge is -2.05. The molecule has 0 unspecified atom stereocenters. The Balaban J connectivity index is 1.75. The van der Waals surface area contributed by atoms with Gasteiger partial charge in [0, 0.05) is 18.0 Å². The molecular formula is C14H14ClNOS. The molecule has 0 radical (unpaired) electrons. The van der Waals surface area contributed by atoms with Crippen molar-refractivity contribution in [3.05, 3.63) is 57.2 Å². The third-order valence-corrected chi connectivity index (χ3v) is 3.57. The standard InChI is InChI=1S/C14H14ClNOS/c15-13-3-1-2-12(8-13)9-16-14(17)5-4-11-6-7-18-10-11/h1-3,6-8,10H,4-5,9H2,(H,16,17). The first-order valence-corrected chi connectivity index (χ1v) is 7.08. The molecular weight excluding hydrogens is 266 g/mol. The highest BCUT2D eigenvalue weighted by Crippen LogP contribution is 2.11. The lowest BCUT2D eigenvalue weighted by Crippen LogP contribution is -2.22. The smallest absolute Gasteiger partial charge is 0.220 e. The number of rotatable bonds is 5. The number of hydrogen-bond acceptors (Lipinski definition) is 2. The summed E-state index contributed by atoms with van der Waals surface area (Å²) in [6, 6.07) is 9.57. The topological polar surface area (TPSA) is 29.1 Å². The average molecular weight is 280 g/mol. The van der Waals surface area contributed by atoms with Gasteiger partial charge in [0.1, 0.15) is 0 Å². The number of amides is 1. The van der Waals surface area contributed by atoms with Crippen LogP contribution in [0, 0.1) is 0 Å². The molecule has 4 heteroatoms. The van der Waals surface area contributed by atoms with E-state index in [0.717, 1.165) is 12.0 Å². The van der Waals surface area contributed by atoms with Crippen molar-refractivity contribution < 1.29 is 4.79 Å². The van der Waals surface area contributed by atoms with Gasteiger partial charge in [-0.1, -0.05) is 23.7 Å². The molecule has 2 nitrogen and oxygen atoms in total. The van der Waals surface area contributed by atoms with Gasteiger partial charge < -0.3 is 5.32 Å². The fraction of sp³-hybridized carbons (Fsp3) is 0.214. The number of hydrogen-bond donors (Lipinski definition) is 1. The predicted octanol–water partition coefficient (Wildman–Crippen LogP) is 3.65. The van der Waals surface area contributed by atoms with E-state index >= 15 is 0 Å². The van der Waals surface area contributed by atoms with E-state index in [9.17, 15) is 4.79 Å². The quantitative estimate of drug-likeness (QED) is 0.889. The van der Waals surface area contributed by atoms with Gasteiger partial charge in [-0.3, -0.25) is 4.79 Å². The maximum atomic E-state index is 11.7. The van der Waals surface area contributed by atoms with Gasteiger partial charge >= 0.3 is 0 Å². The van der Waals surface area contributed by atoms with E-state index in [4.69, 9.17) is 11.6 Å². The van der Waals surface area contributed by atoms with Crippen molar-refractivity contribution in [1.29, 1.82) is 0 Å². The zero-order valence-electron chi connectivity index (χ0n) is 9.86. The largest absolute Gasteiger partial charge is 0.352 e. The van der Waals surface area contributed by atoms with Gasteiger partial charge in [-0.2, -0.15) is 11.3 Å². The molecule has 0 aliphatic heterocycles. The summed E-state index contributed by atoms with van der Waals surface area (Å²) < 4.78 is 0. The molecule has 0 aliphatic rings. The molecule has 0 saturated heterocycles. The number of thiophene rings is 1. The highest BCUT2D eigenvalue weighted by molar-refractivity contribution is 7.07. The van der Waals surface area contributed by atoms with Gasteiger partial charge in [-0.25, -0.2) is 0 Å². The van der Waals surface area contributed by atoms with Crippen molar-refractivity contribution in [2.45, 2.75) is 19.4 Å². The molecule has 1 N–H and O–H groups in total. The van der Waals surface area contributed by atoms with Gasteiger partial charge in [0.2, 0.25) is 5.91 Å². The normalized spacial score (nSPS) is 10.3. The molecule has 0 spiro atoms. The summed E-state index contributed by atoms with van der Waals surface area (Å²) in [5.41, 5.74) is 2.24. The van der Waals surface area contributed by atoms with Gasteiger partial charge in [0.05, 0.1) is 0 Å². The van der Waals surface area contributed by atoms with Crippen LogP contribution in [0.15, 0.2) is 41.1 Å². The first-order valence-electron chi connectivity index (χ1n) is 5.76. The van der Waals surface area contributed by atoms with Gasteiger partial charge in [-0.05, 0) is 46.5 Å². The minimum Gasteiger partial charge on any atom is -0.352 e. The summed E-state index contributed by atoms with van der Waals surface area (Å²) in [5, 5.41) is 7.69. The average Bonchev–Trinajstić information content (AvgIpc) is 2.87. The maximum absolute atomic E-state index is 11.7. The van der Waals surface area contributed by atoms with Crippen LogP contribution in [0.4, 0.5) is 0 Å². The lowest BCUT2D eigenvalue weighted by molar-refractivity contribution is -0.121. The van der Waals surface area contributed by atoms with Crippen LogP contribution in [0.5, 0.6) is 0 Å². The molecule has 0 bridgehead atoms. The minimum absolute atomic E-state index is 0.0705. The van der Waals surface area contributed by atoms with Gasteiger partial charge in [0.25, 0.3) is 0 Å². The molecule has 2 rings (SSSR count). The van der Waals surface area contributed by atoms with Crippen LogP contribution in [0.2, 0.25) is 5.02 Å². The molecule has 1 aromatic heterocycles. The summed E-state index contributed by atoms with van der Waals surface area (Å²) in [6.07, 6.45) is 1.32. The third-order valence-electron chi connectivity index (χ3n) is 2.60. The molecule has 1 amide bonds. The zero-order chi connectivity index (χ0) is 12.8. The SMILES string of the molecule is O=C(CCc1ccsc1)NCc1cccc(Cl)c1. The molecule has 0 aliphatic carbocycles. The minimum atomic E-state index is 0.0705. The fourth-order valence-electron chi connectivity index (χ4n) is 1.63. The van der Waals surface area contributed by atoms with E-state index in [2.05, 4.69) is 16.8 Å². The molecule has 0 atom stereocenters. The second-order valence-electron chi connectivity index (χ2n) is 4.04. The summed E-state index contributed by atoms with van der Waals surface area (Å²) in [6.45, 7) is 0.531. The number of carbonyl (C=O) groups is 1.